The van der Waals surface area contributed by atoms with Crippen LogP contribution in [0, 0.1) is 12.8 Å². The highest BCUT2D eigenvalue weighted by Gasteiger charge is 2.26. The van der Waals surface area contributed by atoms with E-state index in [2.05, 4.69) is 10.3 Å². The van der Waals surface area contributed by atoms with Crippen LogP contribution in [-0.2, 0) is 6.42 Å². The molecule has 1 aromatic heterocycles. The highest BCUT2D eigenvalue weighted by atomic mass is 32.1. The van der Waals surface area contributed by atoms with Gasteiger partial charge in [-0.3, -0.25) is 14.9 Å². The molecule has 0 aliphatic heterocycles. The van der Waals surface area contributed by atoms with Crippen LogP contribution in [0.5, 0.6) is 0 Å². The molecule has 4 nitrogen and oxygen atoms in total. The third-order valence-corrected chi connectivity index (χ3v) is 4.61. The zero-order valence-electron chi connectivity index (χ0n) is 12.0. The zero-order valence-corrected chi connectivity index (χ0v) is 12.8. The lowest BCUT2D eigenvalue weighted by Crippen LogP contribution is -2.16. The molecule has 3 rings (SSSR count). The number of benzene rings is 1. The van der Waals surface area contributed by atoms with Crippen molar-refractivity contribution >= 4 is 28.2 Å². The first-order valence-electron chi connectivity index (χ1n) is 6.94. The van der Waals surface area contributed by atoms with E-state index in [1.165, 1.54) is 11.3 Å². The number of carbonyl (C=O) groups excluding carboxylic acids is 2. The summed E-state index contributed by atoms with van der Waals surface area (Å²) in [5.41, 5.74) is 2.52. The molecule has 1 heterocycles. The Morgan fingerprint density at radius 1 is 1.29 bits per heavy atom. The van der Waals surface area contributed by atoms with Crippen molar-refractivity contribution in [2.45, 2.75) is 26.7 Å². The average Bonchev–Trinajstić information content (AvgIpc) is 2.82. The number of aromatic nitrogens is 1. The molecular weight excluding hydrogens is 284 g/mol. The van der Waals surface area contributed by atoms with Crippen LogP contribution >= 0.6 is 11.3 Å². The molecule has 0 fully saturated rings. The Kier molecular flexibility index (Phi) is 3.59. The zero-order chi connectivity index (χ0) is 15.0. The first-order chi connectivity index (χ1) is 10.0. The summed E-state index contributed by atoms with van der Waals surface area (Å²) in [6.07, 6.45) is 1.37. The van der Waals surface area contributed by atoms with Crippen LogP contribution in [0.3, 0.4) is 0 Å². The van der Waals surface area contributed by atoms with Gasteiger partial charge in [0.15, 0.2) is 10.9 Å². The van der Waals surface area contributed by atoms with Gasteiger partial charge in [-0.2, -0.15) is 0 Å². The fourth-order valence-electron chi connectivity index (χ4n) is 2.45. The van der Waals surface area contributed by atoms with Gasteiger partial charge in [-0.1, -0.05) is 36.0 Å². The van der Waals surface area contributed by atoms with E-state index in [9.17, 15) is 9.59 Å². The number of amides is 1. The minimum absolute atomic E-state index is 0.136. The quantitative estimate of drug-likeness (QED) is 0.924. The van der Waals surface area contributed by atoms with Gasteiger partial charge < -0.3 is 0 Å². The third-order valence-electron chi connectivity index (χ3n) is 3.56. The Bertz CT molecular complexity index is 704. The maximum atomic E-state index is 12.2. The number of hydrogen-bond acceptors (Lipinski definition) is 4. The van der Waals surface area contributed by atoms with Crippen LogP contribution in [0.4, 0.5) is 5.13 Å². The highest BCUT2D eigenvalue weighted by molar-refractivity contribution is 7.17. The second kappa shape index (κ2) is 5.41. The molecule has 0 radical (unpaired) electrons. The van der Waals surface area contributed by atoms with Crippen molar-refractivity contribution in [3.63, 3.8) is 0 Å². The normalized spacial score (nSPS) is 17.4. The molecule has 1 atom stereocenters. The van der Waals surface area contributed by atoms with Gasteiger partial charge in [0.1, 0.15) is 0 Å². The lowest BCUT2D eigenvalue weighted by atomic mass is 9.92. The van der Waals surface area contributed by atoms with Crippen molar-refractivity contribution in [3.05, 3.63) is 46.0 Å². The van der Waals surface area contributed by atoms with Crippen LogP contribution < -0.4 is 5.32 Å². The minimum atomic E-state index is -0.193. The fraction of sp³-hybridized carbons (Fsp3) is 0.312. The molecule has 1 aliphatic carbocycles. The highest BCUT2D eigenvalue weighted by Crippen LogP contribution is 2.32. The molecule has 1 unspecified atom stereocenters. The topological polar surface area (TPSA) is 59.1 Å². The lowest BCUT2D eigenvalue weighted by Gasteiger charge is -2.14. The Morgan fingerprint density at radius 3 is 2.71 bits per heavy atom. The summed E-state index contributed by atoms with van der Waals surface area (Å²) in [5, 5.41) is 3.29. The van der Waals surface area contributed by atoms with E-state index >= 15 is 0 Å². The molecule has 1 amide bonds. The summed E-state index contributed by atoms with van der Waals surface area (Å²) in [6, 6.07) is 7.36. The monoisotopic (exact) mass is 300 g/mol. The van der Waals surface area contributed by atoms with Gasteiger partial charge in [0.05, 0.1) is 10.6 Å². The van der Waals surface area contributed by atoms with Crippen molar-refractivity contribution in [3.8, 4) is 0 Å². The van der Waals surface area contributed by atoms with Crippen molar-refractivity contribution in [1.29, 1.82) is 0 Å². The Hall–Kier alpha value is -2.01. The molecule has 5 heteroatoms. The van der Waals surface area contributed by atoms with Gasteiger partial charge in [0.25, 0.3) is 5.91 Å². The molecule has 0 saturated carbocycles. The predicted molar refractivity (Wildman–Crippen MR) is 83.1 cm³/mol. The number of thiazole rings is 1. The number of nitrogens with zero attached hydrogens (tertiary/aromatic N) is 1. The third kappa shape index (κ3) is 2.88. The summed E-state index contributed by atoms with van der Waals surface area (Å²) in [5.74, 6) is 0.270. The van der Waals surface area contributed by atoms with Crippen molar-refractivity contribution in [2.75, 3.05) is 5.32 Å². The van der Waals surface area contributed by atoms with Crippen molar-refractivity contribution in [1.82, 2.24) is 4.98 Å². The number of ketones is 1. The molecule has 2 aromatic rings. The van der Waals surface area contributed by atoms with Gasteiger partial charge >= 0.3 is 0 Å². The number of nitrogens with one attached hydrogen (secondary N) is 1. The van der Waals surface area contributed by atoms with Gasteiger partial charge in [-0.25, -0.2) is 4.98 Å². The predicted octanol–water partition coefficient (Wildman–Crippen LogP) is 3.47. The summed E-state index contributed by atoms with van der Waals surface area (Å²) >= 11 is 1.28. The Labute approximate surface area is 127 Å². The standard InChI is InChI=1S/C16H16N2O2S/c1-9-3-5-11(6-4-9)15(20)18-16-17-12-7-10(2)8-13(19)14(12)21-16/h3-6,10H,7-8H2,1-2H3,(H,17,18,20). The average molecular weight is 300 g/mol. The number of aryl methyl sites for hydroxylation is 1. The number of fused-ring (bicyclic) bond motifs is 1. The van der Waals surface area contributed by atoms with E-state index < -0.39 is 0 Å². The van der Waals surface area contributed by atoms with Crippen LogP contribution in [0.15, 0.2) is 24.3 Å². The Balaban J connectivity index is 1.80. The van der Waals surface area contributed by atoms with Gasteiger partial charge in [-0.05, 0) is 31.4 Å². The summed E-state index contributed by atoms with van der Waals surface area (Å²) in [6.45, 7) is 4.02. The molecule has 1 aliphatic rings. The van der Waals surface area contributed by atoms with E-state index in [1.807, 2.05) is 26.0 Å². The number of hydrogen-bond donors (Lipinski definition) is 1. The molecule has 21 heavy (non-hydrogen) atoms. The fourth-order valence-corrected chi connectivity index (χ4v) is 3.38. The van der Waals surface area contributed by atoms with Crippen LogP contribution in [0.1, 0.15) is 44.6 Å². The maximum absolute atomic E-state index is 12.2. The first kappa shape index (κ1) is 13.9. The van der Waals surface area contributed by atoms with E-state index in [4.69, 9.17) is 0 Å². The molecular formula is C16H16N2O2S. The molecule has 108 valence electrons. The molecule has 1 aromatic carbocycles. The molecule has 0 spiro atoms. The SMILES string of the molecule is Cc1ccc(C(=O)Nc2nc3c(s2)C(=O)CC(C)C3)cc1. The summed E-state index contributed by atoms with van der Waals surface area (Å²) in [4.78, 5) is 29.2. The van der Waals surface area contributed by atoms with Gasteiger partial charge in [0, 0.05) is 12.0 Å². The van der Waals surface area contributed by atoms with Gasteiger partial charge in [-0.15, -0.1) is 0 Å². The van der Waals surface area contributed by atoms with E-state index in [1.54, 1.807) is 12.1 Å². The van der Waals surface area contributed by atoms with Gasteiger partial charge in [0.2, 0.25) is 0 Å². The van der Waals surface area contributed by atoms with Crippen molar-refractivity contribution in [2.24, 2.45) is 5.92 Å². The van der Waals surface area contributed by atoms with E-state index in [-0.39, 0.29) is 11.7 Å². The smallest absolute Gasteiger partial charge is 0.257 e. The number of carbonyl (C=O) groups is 2. The number of rotatable bonds is 2. The first-order valence-corrected chi connectivity index (χ1v) is 7.75. The summed E-state index contributed by atoms with van der Waals surface area (Å²) in [7, 11) is 0. The second-order valence-electron chi connectivity index (χ2n) is 5.55. The van der Waals surface area contributed by atoms with E-state index in [0.29, 0.717) is 27.9 Å². The number of Topliss-reactive ketones (excluding diaryl/α,β-unsaturated/α-hetero) is 1. The molecule has 0 saturated heterocycles. The minimum Gasteiger partial charge on any atom is -0.298 e. The molecule has 1 N–H and O–H groups in total. The van der Waals surface area contributed by atoms with Crippen LogP contribution in [-0.4, -0.2) is 16.7 Å². The lowest BCUT2D eigenvalue weighted by molar-refractivity contribution is 0.0956. The summed E-state index contributed by atoms with van der Waals surface area (Å²) < 4.78 is 0. The Morgan fingerprint density at radius 2 is 2.00 bits per heavy atom. The largest absolute Gasteiger partial charge is 0.298 e. The van der Waals surface area contributed by atoms with E-state index in [0.717, 1.165) is 17.7 Å². The maximum Gasteiger partial charge on any atom is 0.257 e. The number of anilines is 1. The molecule has 0 bridgehead atoms. The second-order valence-corrected chi connectivity index (χ2v) is 6.55. The van der Waals surface area contributed by atoms with Crippen LogP contribution in [0.25, 0.3) is 0 Å². The van der Waals surface area contributed by atoms with Crippen LogP contribution in [0.2, 0.25) is 0 Å². The van der Waals surface area contributed by atoms with Crippen molar-refractivity contribution < 1.29 is 9.59 Å².